The molecule has 40 heavy (non-hydrogen) atoms. The summed E-state index contributed by atoms with van der Waals surface area (Å²) in [6.45, 7) is 4.04. The number of primary amides is 1. The van der Waals surface area contributed by atoms with Crippen LogP contribution in [0, 0.1) is 5.41 Å². The Hall–Kier alpha value is -3.45. The second-order valence-corrected chi connectivity index (χ2v) is 11.2. The highest BCUT2D eigenvalue weighted by Gasteiger charge is 2.45. The first-order valence-electron chi connectivity index (χ1n) is 13.3. The first kappa shape index (κ1) is 29.5. The highest BCUT2D eigenvalue weighted by atomic mass is 19.4. The average Bonchev–Trinajstić information content (AvgIpc) is 3.26. The first-order chi connectivity index (χ1) is 18.8. The van der Waals surface area contributed by atoms with Gasteiger partial charge in [0.15, 0.2) is 11.5 Å². The van der Waals surface area contributed by atoms with E-state index in [4.69, 9.17) is 15.7 Å². The van der Waals surface area contributed by atoms with Gasteiger partial charge in [0.2, 0.25) is 5.91 Å². The molecule has 13 heteroatoms. The van der Waals surface area contributed by atoms with Gasteiger partial charge in [-0.05, 0) is 62.1 Å². The van der Waals surface area contributed by atoms with E-state index in [1.807, 2.05) is 13.8 Å². The smallest absolute Gasteiger partial charge is 0.382 e. The second kappa shape index (κ2) is 11.6. The number of alkyl halides is 3. The van der Waals surface area contributed by atoms with Crippen molar-refractivity contribution >= 4 is 23.3 Å². The number of anilines is 1. The average molecular weight is 566 g/mol. The van der Waals surface area contributed by atoms with Crippen LogP contribution in [0.4, 0.5) is 18.9 Å². The summed E-state index contributed by atoms with van der Waals surface area (Å²) in [6.07, 6.45) is -1.04. The fraction of sp³-hybridized carbons (Fsp3) is 0.556. The molecule has 218 valence electrons. The van der Waals surface area contributed by atoms with E-state index >= 15 is 0 Å². The maximum atomic E-state index is 13.9. The molecule has 0 bridgehead atoms. The molecule has 1 aromatic heterocycles. The predicted octanol–water partition coefficient (Wildman–Crippen LogP) is 4.17. The number of nitrogens with two attached hydrogens (primary N) is 1. The summed E-state index contributed by atoms with van der Waals surface area (Å²) < 4.78 is 48.6. The maximum Gasteiger partial charge on any atom is 0.435 e. The molecule has 1 fully saturated rings. The van der Waals surface area contributed by atoms with Gasteiger partial charge in [0.1, 0.15) is 0 Å². The van der Waals surface area contributed by atoms with Gasteiger partial charge in [-0.25, -0.2) is 10.2 Å². The number of Topliss-reactive ketones (excluding diaryl/α,β-unsaturated/α-hetero) is 1. The van der Waals surface area contributed by atoms with Gasteiger partial charge in [0.05, 0.1) is 28.6 Å². The Labute approximate surface area is 229 Å². The van der Waals surface area contributed by atoms with E-state index in [9.17, 15) is 27.6 Å². The lowest BCUT2D eigenvalue weighted by Gasteiger charge is -2.30. The normalized spacial score (nSPS) is 20.6. The van der Waals surface area contributed by atoms with Gasteiger partial charge in [0, 0.05) is 31.2 Å². The molecule has 2 aromatic rings. The van der Waals surface area contributed by atoms with Crippen LogP contribution in [0.3, 0.4) is 0 Å². The van der Waals surface area contributed by atoms with E-state index in [0.29, 0.717) is 31.6 Å². The van der Waals surface area contributed by atoms with Gasteiger partial charge in [-0.3, -0.25) is 19.6 Å². The second-order valence-electron chi connectivity index (χ2n) is 11.2. The number of aromatic nitrogens is 2. The molecular formula is C27H34F3N5O5. The number of carbonyl (C=O) groups excluding carboxylic acids is 3. The number of benzene rings is 1. The molecule has 0 spiro atoms. The number of halogens is 3. The lowest BCUT2D eigenvalue weighted by molar-refractivity contribution is -0.141. The van der Waals surface area contributed by atoms with E-state index in [1.165, 1.54) is 12.1 Å². The van der Waals surface area contributed by atoms with Crippen molar-refractivity contribution in [1.29, 1.82) is 0 Å². The zero-order valence-electron chi connectivity index (χ0n) is 22.4. The summed E-state index contributed by atoms with van der Waals surface area (Å²) in [6, 6.07) is 4.45. The van der Waals surface area contributed by atoms with Crippen LogP contribution in [0.25, 0.3) is 5.69 Å². The minimum absolute atomic E-state index is 0.00737. The molecule has 1 aromatic carbocycles. The predicted molar refractivity (Wildman–Crippen MR) is 138 cm³/mol. The Morgan fingerprint density at radius 1 is 1.20 bits per heavy atom. The number of fused-ring (bicyclic) bond motifs is 1. The molecule has 0 unspecified atom stereocenters. The Morgan fingerprint density at radius 2 is 1.90 bits per heavy atom. The van der Waals surface area contributed by atoms with Gasteiger partial charge in [0.25, 0.3) is 5.91 Å². The number of ether oxygens (including phenoxy) is 1. The van der Waals surface area contributed by atoms with E-state index in [2.05, 4.69) is 10.4 Å². The van der Waals surface area contributed by atoms with Crippen LogP contribution in [0.15, 0.2) is 18.2 Å². The lowest BCUT2D eigenvalue weighted by Crippen LogP contribution is -2.31. The topological polar surface area (TPSA) is 149 Å². The summed E-state index contributed by atoms with van der Waals surface area (Å²) in [7, 11) is 0. The van der Waals surface area contributed by atoms with Crippen molar-refractivity contribution in [3.63, 3.8) is 0 Å². The van der Waals surface area contributed by atoms with E-state index in [1.54, 1.807) is 11.5 Å². The fourth-order valence-corrected chi connectivity index (χ4v) is 5.49. The third-order valence-electron chi connectivity index (χ3n) is 7.39. The molecule has 2 amide bonds. The summed E-state index contributed by atoms with van der Waals surface area (Å²) in [5.74, 6) is -1.75. The van der Waals surface area contributed by atoms with Crippen LogP contribution in [-0.2, 0) is 22.1 Å². The standard InChI is InChI=1S/C27H34F3N5O5/c1-26(2)13-20-23(21(36)14-26)24(27(28,29)30)33-35(20)16-7-10-18(25(31)38)19(12-16)32-15-5-8-17(9-6-15)40-11-3-4-22(37)34-39/h7,10,12,15,17,32,39H,3-6,8-9,11,13-14H2,1-2H3,(H2,31,38)(H,34,37). The molecule has 0 aliphatic heterocycles. The zero-order valence-corrected chi connectivity index (χ0v) is 22.4. The summed E-state index contributed by atoms with van der Waals surface area (Å²) in [5, 5.41) is 15.7. The van der Waals surface area contributed by atoms with Crippen molar-refractivity contribution in [1.82, 2.24) is 15.3 Å². The molecule has 5 N–H and O–H groups in total. The van der Waals surface area contributed by atoms with Gasteiger partial charge >= 0.3 is 6.18 Å². The summed E-state index contributed by atoms with van der Waals surface area (Å²) >= 11 is 0. The number of rotatable bonds is 9. The molecule has 0 radical (unpaired) electrons. The van der Waals surface area contributed by atoms with Gasteiger partial charge in [-0.1, -0.05) is 13.8 Å². The Kier molecular flexibility index (Phi) is 8.55. The summed E-state index contributed by atoms with van der Waals surface area (Å²) in [4.78, 5) is 36.1. The van der Waals surface area contributed by atoms with E-state index in [0.717, 1.165) is 17.5 Å². The molecule has 4 rings (SSSR count). The molecule has 0 atom stereocenters. The van der Waals surface area contributed by atoms with Crippen LogP contribution in [0.5, 0.6) is 0 Å². The van der Waals surface area contributed by atoms with Crippen molar-refractivity contribution in [3.8, 4) is 5.69 Å². The third-order valence-corrected chi connectivity index (χ3v) is 7.39. The highest BCUT2D eigenvalue weighted by Crippen LogP contribution is 2.42. The Bertz CT molecular complexity index is 1280. The molecule has 1 saturated carbocycles. The molecule has 2 aliphatic rings. The van der Waals surface area contributed by atoms with Crippen LogP contribution >= 0.6 is 0 Å². The van der Waals surface area contributed by atoms with Crippen molar-refractivity contribution in [2.75, 3.05) is 11.9 Å². The van der Waals surface area contributed by atoms with Crippen LogP contribution in [-0.4, -0.2) is 51.3 Å². The first-order valence-corrected chi connectivity index (χ1v) is 13.3. The van der Waals surface area contributed by atoms with Crippen molar-refractivity contribution in [2.24, 2.45) is 11.1 Å². The van der Waals surface area contributed by atoms with E-state index < -0.39 is 40.4 Å². The Morgan fingerprint density at radius 3 is 2.52 bits per heavy atom. The molecule has 10 nitrogen and oxygen atoms in total. The molecular weight excluding hydrogens is 531 g/mol. The van der Waals surface area contributed by atoms with Crippen molar-refractivity contribution < 1.29 is 37.5 Å². The largest absolute Gasteiger partial charge is 0.435 e. The number of nitrogens with one attached hydrogen (secondary N) is 2. The maximum absolute atomic E-state index is 13.9. The van der Waals surface area contributed by atoms with Gasteiger partial charge < -0.3 is 15.8 Å². The monoisotopic (exact) mass is 565 g/mol. The molecule has 1 heterocycles. The van der Waals surface area contributed by atoms with Crippen molar-refractivity contribution in [3.05, 3.63) is 40.7 Å². The number of hydrogen-bond donors (Lipinski definition) is 4. The molecule has 0 saturated heterocycles. The number of ketones is 1. The Balaban J connectivity index is 1.54. The summed E-state index contributed by atoms with van der Waals surface area (Å²) in [5.41, 5.74) is 6.10. The lowest BCUT2D eigenvalue weighted by atomic mass is 9.75. The van der Waals surface area contributed by atoms with Gasteiger partial charge in [-0.15, -0.1) is 0 Å². The minimum Gasteiger partial charge on any atom is -0.382 e. The van der Waals surface area contributed by atoms with Crippen LogP contribution in [0.1, 0.15) is 90.9 Å². The minimum atomic E-state index is -4.80. The zero-order chi connectivity index (χ0) is 29.2. The van der Waals surface area contributed by atoms with Crippen LogP contribution in [0.2, 0.25) is 0 Å². The van der Waals surface area contributed by atoms with Crippen LogP contribution < -0.4 is 16.5 Å². The number of hydrogen-bond acceptors (Lipinski definition) is 7. The SMILES string of the molecule is CC1(C)CC(=O)c2c(C(F)(F)F)nn(-c3ccc(C(N)=O)c(NC4CCC(OCCCC(=O)NO)CC4)c3)c2C1. The quantitative estimate of drug-likeness (QED) is 0.203. The number of hydroxylamine groups is 1. The van der Waals surface area contributed by atoms with E-state index in [-0.39, 0.29) is 48.4 Å². The fourth-order valence-electron chi connectivity index (χ4n) is 5.49. The molecule has 2 aliphatic carbocycles. The third kappa shape index (κ3) is 6.64. The number of amides is 2. The van der Waals surface area contributed by atoms with Crippen molar-refractivity contribution in [2.45, 2.75) is 83.5 Å². The number of carbonyl (C=O) groups is 3. The van der Waals surface area contributed by atoms with Gasteiger partial charge in [-0.2, -0.15) is 18.3 Å². The highest BCUT2D eigenvalue weighted by molar-refractivity contribution is 6.00. The number of nitrogens with zero attached hydrogens (tertiary/aromatic N) is 2.